The molecule has 2 rings (SSSR count). The monoisotopic (exact) mass is 296 g/mol. The summed E-state index contributed by atoms with van der Waals surface area (Å²) in [7, 11) is 0. The van der Waals surface area contributed by atoms with Gasteiger partial charge in [-0.25, -0.2) is 0 Å². The topological polar surface area (TPSA) is 17.1 Å². The van der Waals surface area contributed by atoms with Crippen LogP contribution in [0.15, 0.2) is 47.4 Å². The van der Waals surface area contributed by atoms with Gasteiger partial charge in [-0.1, -0.05) is 41.4 Å². The molecular weight excluding hydrogens is 287 g/mol. The van der Waals surface area contributed by atoms with Crippen LogP contribution in [0.1, 0.15) is 15.9 Å². The average molecular weight is 297 g/mol. The van der Waals surface area contributed by atoms with Crippen LogP contribution in [0, 0.1) is 0 Å². The van der Waals surface area contributed by atoms with Crippen LogP contribution in [0.2, 0.25) is 10.0 Å². The summed E-state index contributed by atoms with van der Waals surface area (Å²) < 4.78 is 0. The van der Waals surface area contributed by atoms with Crippen molar-refractivity contribution in [3.8, 4) is 0 Å². The second-order valence-electron chi connectivity index (χ2n) is 3.72. The Kier molecular flexibility index (Phi) is 4.70. The van der Waals surface area contributed by atoms with E-state index in [2.05, 4.69) is 0 Å². The van der Waals surface area contributed by atoms with Crippen LogP contribution >= 0.6 is 35.0 Å². The Balaban J connectivity index is 2.01. The molecule has 92 valence electrons. The van der Waals surface area contributed by atoms with Crippen molar-refractivity contribution in [1.82, 2.24) is 0 Å². The molecule has 0 saturated carbocycles. The van der Waals surface area contributed by atoms with Gasteiger partial charge in [-0.2, -0.15) is 0 Å². The number of aldehydes is 1. The van der Waals surface area contributed by atoms with Gasteiger partial charge in [0.2, 0.25) is 0 Å². The third kappa shape index (κ3) is 3.52. The van der Waals surface area contributed by atoms with E-state index in [9.17, 15) is 4.79 Å². The first-order chi connectivity index (χ1) is 8.69. The number of carbonyl (C=O) groups excluding carboxylic acids is 1. The molecule has 0 fully saturated rings. The number of carbonyl (C=O) groups is 1. The maximum atomic E-state index is 10.5. The molecule has 18 heavy (non-hydrogen) atoms. The van der Waals surface area contributed by atoms with Crippen molar-refractivity contribution < 1.29 is 4.79 Å². The minimum absolute atomic E-state index is 0.570. The standard InChI is InChI=1S/C14H10Cl2OS/c15-13-6-3-11(7-14(13)16)9-18-12-4-1-10(8-17)2-5-12/h1-8H,9H2. The average Bonchev–Trinajstić information content (AvgIpc) is 2.41. The Morgan fingerprint density at radius 1 is 1.00 bits per heavy atom. The van der Waals surface area contributed by atoms with Crippen molar-refractivity contribution in [2.45, 2.75) is 10.6 Å². The Morgan fingerprint density at radius 3 is 2.33 bits per heavy atom. The Hall–Kier alpha value is -0.960. The Morgan fingerprint density at radius 2 is 1.72 bits per heavy atom. The fraction of sp³-hybridized carbons (Fsp3) is 0.0714. The minimum Gasteiger partial charge on any atom is -0.298 e. The molecule has 0 aromatic heterocycles. The second kappa shape index (κ2) is 6.28. The summed E-state index contributed by atoms with van der Waals surface area (Å²) in [6.45, 7) is 0. The van der Waals surface area contributed by atoms with E-state index in [-0.39, 0.29) is 0 Å². The van der Waals surface area contributed by atoms with E-state index >= 15 is 0 Å². The van der Waals surface area contributed by atoms with Crippen molar-refractivity contribution in [2.24, 2.45) is 0 Å². The quantitative estimate of drug-likeness (QED) is 0.577. The van der Waals surface area contributed by atoms with E-state index in [1.54, 1.807) is 17.8 Å². The second-order valence-corrected chi connectivity index (χ2v) is 5.59. The third-order valence-corrected chi connectivity index (χ3v) is 4.23. The number of halogens is 2. The molecule has 2 aromatic carbocycles. The van der Waals surface area contributed by atoms with E-state index in [1.807, 2.05) is 36.4 Å². The predicted molar refractivity (Wildman–Crippen MR) is 77.9 cm³/mol. The fourth-order valence-electron chi connectivity index (χ4n) is 1.44. The van der Waals surface area contributed by atoms with Crippen molar-refractivity contribution in [3.63, 3.8) is 0 Å². The van der Waals surface area contributed by atoms with Crippen molar-refractivity contribution in [1.29, 1.82) is 0 Å². The maximum Gasteiger partial charge on any atom is 0.150 e. The van der Waals surface area contributed by atoms with Crippen LogP contribution < -0.4 is 0 Å². The number of hydrogen-bond donors (Lipinski definition) is 0. The zero-order chi connectivity index (χ0) is 13.0. The first kappa shape index (κ1) is 13.5. The molecule has 0 amide bonds. The largest absolute Gasteiger partial charge is 0.298 e. The molecule has 0 aliphatic rings. The minimum atomic E-state index is 0.570. The molecule has 0 atom stereocenters. The molecule has 0 aliphatic carbocycles. The van der Waals surface area contributed by atoms with Gasteiger partial charge in [-0.3, -0.25) is 4.79 Å². The summed E-state index contributed by atoms with van der Waals surface area (Å²) in [5.41, 5.74) is 1.81. The van der Waals surface area contributed by atoms with Gasteiger partial charge in [0.05, 0.1) is 10.0 Å². The molecule has 0 heterocycles. The molecule has 0 N–H and O–H groups in total. The summed E-state index contributed by atoms with van der Waals surface area (Å²) in [4.78, 5) is 11.6. The molecular formula is C14H10Cl2OS. The highest BCUT2D eigenvalue weighted by Crippen LogP contribution is 2.27. The highest BCUT2D eigenvalue weighted by atomic mass is 35.5. The molecule has 0 bridgehead atoms. The van der Waals surface area contributed by atoms with Crippen LogP contribution in [0.25, 0.3) is 0 Å². The fourth-order valence-corrected chi connectivity index (χ4v) is 2.60. The van der Waals surface area contributed by atoms with Gasteiger partial charge in [0.25, 0.3) is 0 Å². The van der Waals surface area contributed by atoms with Gasteiger partial charge < -0.3 is 0 Å². The van der Waals surface area contributed by atoms with Gasteiger partial charge in [0.1, 0.15) is 6.29 Å². The first-order valence-electron chi connectivity index (χ1n) is 5.31. The molecule has 0 radical (unpaired) electrons. The van der Waals surface area contributed by atoms with Crippen molar-refractivity contribution >= 4 is 41.2 Å². The van der Waals surface area contributed by atoms with Crippen LogP contribution in [-0.2, 0) is 5.75 Å². The van der Waals surface area contributed by atoms with E-state index in [0.29, 0.717) is 15.6 Å². The van der Waals surface area contributed by atoms with E-state index < -0.39 is 0 Å². The van der Waals surface area contributed by atoms with Crippen LogP contribution in [-0.4, -0.2) is 6.29 Å². The lowest BCUT2D eigenvalue weighted by molar-refractivity contribution is 0.112. The summed E-state index contributed by atoms with van der Waals surface area (Å²) in [6.07, 6.45) is 0.841. The van der Waals surface area contributed by atoms with Crippen molar-refractivity contribution in [2.75, 3.05) is 0 Å². The third-order valence-electron chi connectivity index (χ3n) is 2.41. The van der Waals surface area contributed by atoms with Gasteiger partial charge in [0, 0.05) is 16.2 Å². The number of benzene rings is 2. The van der Waals surface area contributed by atoms with Gasteiger partial charge in [-0.15, -0.1) is 11.8 Å². The molecule has 4 heteroatoms. The molecule has 2 aromatic rings. The van der Waals surface area contributed by atoms with Gasteiger partial charge in [0.15, 0.2) is 0 Å². The highest BCUT2D eigenvalue weighted by molar-refractivity contribution is 7.98. The number of rotatable bonds is 4. The molecule has 0 spiro atoms. The molecule has 0 saturated heterocycles. The smallest absolute Gasteiger partial charge is 0.150 e. The Labute approximate surface area is 120 Å². The number of thioether (sulfide) groups is 1. The van der Waals surface area contributed by atoms with Crippen LogP contribution in [0.5, 0.6) is 0 Å². The lowest BCUT2D eigenvalue weighted by atomic mass is 10.2. The Bertz CT molecular complexity index is 552. The number of hydrogen-bond acceptors (Lipinski definition) is 2. The van der Waals surface area contributed by atoms with Crippen LogP contribution in [0.4, 0.5) is 0 Å². The molecule has 0 aliphatic heterocycles. The zero-order valence-corrected chi connectivity index (χ0v) is 11.7. The summed E-state index contributed by atoms with van der Waals surface area (Å²) >= 11 is 13.5. The summed E-state index contributed by atoms with van der Waals surface area (Å²) in [5, 5.41) is 1.15. The van der Waals surface area contributed by atoms with Gasteiger partial charge in [-0.05, 0) is 29.8 Å². The maximum absolute atomic E-state index is 10.5. The van der Waals surface area contributed by atoms with Gasteiger partial charge >= 0.3 is 0 Å². The first-order valence-corrected chi connectivity index (χ1v) is 7.05. The lowest BCUT2D eigenvalue weighted by Crippen LogP contribution is -1.82. The highest BCUT2D eigenvalue weighted by Gasteiger charge is 2.01. The van der Waals surface area contributed by atoms with E-state index in [0.717, 1.165) is 22.5 Å². The van der Waals surface area contributed by atoms with E-state index in [4.69, 9.17) is 23.2 Å². The van der Waals surface area contributed by atoms with Crippen molar-refractivity contribution in [3.05, 3.63) is 63.6 Å². The SMILES string of the molecule is O=Cc1ccc(SCc2ccc(Cl)c(Cl)c2)cc1. The van der Waals surface area contributed by atoms with Crippen LogP contribution in [0.3, 0.4) is 0 Å². The summed E-state index contributed by atoms with van der Waals surface area (Å²) in [6, 6.07) is 13.1. The summed E-state index contributed by atoms with van der Waals surface area (Å²) in [5.74, 6) is 0.817. The lowest BCUT2D eigenvalue weighted by Gasteiger charge is -2.04. The zero-order valence-electron chi connectivity index (χ0n) is 9.40. The molecule has 0 unspecified atom stereocenters. The molecule has 1 nitrogen and oxygen atoms in total. The van der Waals surface area contributed by atoms with E-state index in [1.165, 1.54) is 0 Å². The normalized spacial score (nSPS) is 10.3. The predicted octanol–water partition coefficient (Wildman–Crippen LogP) is 5.10.